The van der Waals surface area contributed by atoms with Gasteiger partial charge in [0.1, 0.15) is 11.5 Å². The van der Waals surface area contributed by atoms with Crippen LogP contribution in [0.25, 0.3) is 0 Å². The molecule has 2 N–H and O–H groups in total. The summed E-state index contributed by atoms with van der Waals surface area (Å²) >= 11 is 0. The van der Waals surface area contributed by atoms with Gasteiger partial charge < -0.3 is 20.1 Å². The summed E-state index contributed by atoms with van der Waals surface area (Å²) in [6.07, 6.45) is 1.10. The van der Waals surface area contributed by atoms with E-state index < -0.39 is 0 Å². The van der Waals surface area contributed by atoms with Crippen molar-refractivity contribution in [2.24, 2.45) is 5.92 Å². The third-order valence-corrected chi connectivity index (χ3v) is 3.55. The molecule has 0 bridgehead atoms. The van der Waals surface area contributed by atoms with E-state index in [0.717, 1.165) is 24.5 Å². The maximum absolute atomic E-state index is 5.50. The van der Waals surface area contributed by atoms with E-state index in [1.54, 1.807) is 14.2 Å². The first kappa shape index (κ1) is 15.8. The van der Waals surface area contributed by atoms with E-state index in [1.165, 1.54) is 5.56 Å². The fourth-order valence-electron chi connectivity index (χ4n) is 2.48. The Morgan fingerprint density at radius 2 is 1.89 bits per heavy atom. The highest BCUT2D eigenvalue weighted by atomic mass is 16.5. The second-order valence-electron chi connectivity index (χ2n) is 4.60. The minimum absolute atomic E-state index is 0.262. The Bertz CT molecular complexity index is 382. The Morgan fingerprint density at radius 1 is 1.16 bits per heavy atom. The van der Waals surface area contributed by atoms with Crippen molar-refractivity contribution >= 4 is 0 Å². The van der Waals surface area contributed by atoms with Crippen molar-refractivity contribution in [1.82, 2.24) is 10.6 Å². The second kappa shape index (κ2) is 8.02. The molecule has 2 atom stereocenters. The average molecular weight is 266 g/mol. The van der Waals surface area contributed by atoms with E-state index in [1.807, 2.05) is 26.2 Å². The van der Waals surface area contributed by atoms with Crippen LogP contribution in [0.15, 0.2) is 18.2 Å². The second-order valence-corrected chi connectivity index (χ2v) is 4.60. The van der Waals surface area contributed by atoms with Crippen molar-refractivity contribution in [1.29, 1.82) is 0 Å². The van der Waals surface area contributed by atoms with Crippen molar-refractivity contribution in [3.8, 4) is 11.5 Å². The fourth-order valence-corrected chi connectivity index (χ4v) is 2.48. The van der Waals surface area contributed by atoms with Crippen molar-refractivity contribution in [3.63, 3.8) is 0 Å². The van der Waals surface area contributed by atoms with Gasteiger partial charge in [-0.2, -0.15) is 0 Å². The molecule has 108 valence electrons. The highest BCUT2D eigenvalue weighted by Gasteiger charge is 2.23. The van der Waals surface area contributed by atoms with Crippen molar-refractivity contribution in [3.05, 3.63) is 23.8 Å². The molecule has 4 heteroatoms. The summed E-state index contributed by atoms with van der Waals surface area (Å²) in [5.74, 6) is 2.20. The van der Waals surface area contributed by atoms with Crippen LogP contribution in [0.2, 0.25) is 0 Å². The highest BCUT2D eigenvalue weighted by molar-refractivity contribution is 5.42. The molecule has 1 aromatic carbocycles. The predicted molar refractivity (Wildman–Crippen MR) is 79.1 cm³/mol. The maximum Gasteiger partial charge on any atom is 0.127 e. The molecule has 0 saturated heterocycles. The zero-order chi connectivity index (χ0) is 14.3. The van der Waals surface area contributed by atoms with Crippen LogP contribution in [0.1, 0.15) is 24.9 Å². The molecule has 0 spiro atoms. The Hall–Kier alpha value is -1.26. The summed E-state index contributed by atoms with van der Waals surface area (Å²) in [5, 5.41) is 6.66. The van der Waals surface area contributed by atoms with Gasteiger partial charge in [-0.3, -0.25) is 0 Å². The number of hydrogen-bond acceptors (Lipinski definition) is 4. The van der Waals surface area contributed by atoms with Crippen LogP contribution in [0.4, 0.5) is 0 Å². The van der Waals surface area contributed by atoms with Crippen LogP contribution in [-0.2, 0) is 0 Å². The summed E-state index contributed by atoms with van der Waals surface area (Å²) in [6, 6.07) is 6.26. The van der Waals surface area contributed by atoms with Gasteiger partial charge in [0.25, 0.3) is 0 Å². The Kier molecular flexibility index (Phi) is 6.67. The van der Waals surface area contributed by atoms with E-state index in [4.69, 9.17) is 9.47 Å². The molecule has 0 fully saturated rings. The summed E-state index contributed by atoms with van der Waals surface area (Å²) in [4.78, 5) is 0. The number of hydrogen-bond donors (Lipinski definition) is 2. The molecule has 0 amide bonds. The van der Waals surface area contributed by atoms with Crippen molar-refractivity contribution < 1.29 is 9.47 Å². The number of rotatable bonds is 8. The standard InChI is InChI=1S/C15H26N2O2/c1-6-11(10-16-2)15(17-3)13-8-7-12(18-4)9-14(13)19-5/h7-9,11,15-17H,6,10H2,1-5H3. The van der Waals surface area contributed by atoms with Crippen LogP contribution in [0, 0.1) is 5.92 Å². The van der Waals surface area contributed by atoms with E-state index in [0.29, 0.717) is 5.92 Å². The van der Waals surface area contributed by atoms with Crippen molar-refractivity contribution in [2.45, 2.75) is 19.4 Å². The molecule has 1 rings (SSSR count). The van der Waals surface area contributed by atoms with Gasteiger partial charge in [-0.15, -0.1) is 0 Å². The summed E-state index contributed by atoms with van der Waals surface area (Å²) in [6.45, 7) is 3.18. The zero-order valence-corrected chi connectivity index (χ0v) is 12.6. The smallest absolute Gasteiger partial charge is 0.127 e. The van der Waals surface area contributed by atoms with Gasteiger partial charge in [-0.1, -0.05) is 19.4 Å². The van der Waals surface area contributed by atoms with Gasteiger partial charge in [-0.25, -0.2) is 0 Å². The first-order chi connectivity index (χ1) is 9.21. The van der Waals surface area contributed by atoms with Gasteiger partial charge in [0, 0.05) is 17.7 Å². The molecule has 19 heavy (non-hydrogen) atoms. The minimum atomic E-state index is 0.262. The van der Waals surface area contributed by atoms with Gasteiger partial charge in [0.2, 0.25) is 0 Å². The molecule has 1 aromatic rings. The molecule has 0 aliphatic heterocycles. The molecule has 4 nitrogen and oxygen atoms in total. The quantitative estimate of drug-likeness (QED) is 0.757. The van der Waals surface area contributed by atoms with E-state index in [9.17, 15) is 0 Å². The van der Waals surface area contributed by atoms with Gasteiger partial charge in [0.05, 0.1) is 14.2 Å². The van der Waals surface area contributed by atoms with Gasteiger partial charge in [0.15, 0.2) is 0 Å². The van der Waals surface area contributed by atoms with Crippen LogP contribution in [0.5, 0.6) is 11.5 Å². The van der Waals surface area contributed by atoms with Crippen LogP contribution in [-0.4, -0.2) is 34.9 Å². The lowest BCUT2D eigenvalue weighted by Crippen LogP contribution is -2.31. The lowest BCUT2D eigenvalue weighted by atomic mass is 9.90. The fraction of sp³-hybridized carbons (Fsp3) is 0.600. The lowest BCUT2D eigenvalue weighted by Gasteiger charge is -2.27. The molecule has 0 heterocycles. The van der Waals surface area contributed by atoms with E-state index in [2.05, 4.69) is 23.6 Å². The normalized spacial score (nSPS) is 13.9. The maximum atomic E-state index is 5.50. The van der Waals surface area contributed by atoms with Crippen molar-refractivity contribution in [2.75, 3.05) is 34.9 Å². The average Bonchev–Trinajstić information content (AvgIpc) is 2.47. The third kappa shape index (κ3) is 3.85. The topological polar surface area (TPSA) is 42.5 Å². The number of ether oxygens (including phenoxy) is 2. The molecular weight excluding hydrogens is 240 g/mol. The zero-order valence-electron chi connectivity index (χ0n) is 12.6. The lowest BCUT2D eigenvalue weighted by molar-refractivity contribution is 0.338. The van der Waals surface area contributed by atoms with Gasteiger partial charge in [-0.05, 0) is 32.6 Å². The number of benzene rings is 1. The number of methoxy groups -OCH3 is 2. The third-order valence-electron chi connectivity index (χ3n) is 3.55. The first-order valence-corrected chi connectivity index (χ1v) is 6.75. The van der Waals surface area contributed by atoms with E-state index in [-0.39, 0.29) is 6.04 Å². The minimum Gasteiger partial charge on any atom is -0.497 e. The van der Waals surface area contributed by atoms with Crippen LogP contribution >= 0.6 is 0 Å². The molecule has 0 aliphatic carbocycles. The Morgan fingerprint density at radius 3 is 2.37 bits per heavy atom. The summed E-state index contributed by atoms with van der Waals surface area (Å²) in [5.41, 5.74) is 1.17. The monoisotopic (exact) mass is 266 g/mol. The molecule has 0 aliphatic rings. The van der Waals surface area contributed by atoms with Crippen LogP contribution < -0.4 is 20.1 Å². The Balaban J connectivity index is 3.09. The van der Waals surface area contributed by atoms with Crippen LogP contribution in [0.3, 0.4) is 0 Å². The molecule has 0 aromatic heterocycles. The SMILES string of the molecule is CCC(CNC)C(NC)c1ccc(OC)cc1OC. The first-order valence-electron chi connectivity index (χ1n) is 6.75. The summed E-state index contributed by atoms with van der Waals surface area (Å²) in [7, 11) is 7.34. The predicted octanol–water partition coefficient (Wildman–Crippen LogP) is 2.21. The molecule has 0 radical (unpaired) electrons. The molecule has 0 saturated carbocycles. The number of nitrogens with one attached hydrogen (secondary N) is 2. The molecule has 2 unspecified atom stereocenters. The largest absolute Gasteiger partial charge is 0.497 e. The Labute approximate surface area is 116 Å². The summed E-state index contributed by atoms with van der Waals surface area (Å²) < 4.78 is 10.7. The molecular formula is C15H26N2O2. The van der Waals surface area contributed by atoms with Gasteiger partial charge >= 0.3 is 0 Å². The highest BCUT2D eigenvalue weighted by Crippen LogP contribution is 2.33. The van der Waals surface area contributed by atoms with E-state index >= 15 is 0 Å².